The fourth-order valence-corrected chi connectivity index (χ4v) is 2.21. The molecule has 1 aromatic heterocycles. The third-order valence-electron chi connectivity index (χ3n) is 2.65. The van der Waals surface area contributed by atoms with Crippen LogP contribution in [0.4, 0.5) is 4.39 Å². The van der Waals surface area contributed by atoms with Crippen molar-refractivity contribution < 1.29 is 9.50 Å². The standard InChI is InChI=1S/C14H14FNOS/c1-9(10(2)17)7-13-8-18-14(16-13)11-3-5-12(15)6-4-11/h3-8,10,17H,1-2H3/b9-7+. The summed E-state index contributed by atoms with van der Waals surface area (Å²) in [5, 5.41) is 12.2. The Hall–Kier alpha value is -1.52. The molecular formula is C14H14FNOS. The minimum absolute atomic E-state index is 0.250. The molecule has 0 bridgehead atoms. The number of aliphatic hydroxyl groups excluding tert-OH is 1. The van der Waals surface area contributed by atoms with Gasteiger partial charge >= 0.3 is 0 Å². The van der Waals surface area contributed by atoms with E-state index in [2.05, 4.69) is 4.98 Å². The van der Waals surface area contributed by atoms with Gasteiger partial charge in [-0.05, 0) is 49.8 Å². The van der Waals surface area contributed by atoms with Crippen LogP contribution in [0.5, 0.6) is 0 Å². The lowest BCUT2D eigenvalue weighted by molar-refractivity contribution is 0.232. The van der Waals surface area contributed by atoms with E-state index in [9.17, 15) is 9.50 Å². The Kier molecular flexibility index (Phi) is 3.89. The molecule has 1 unspecified atom stereocenters. The molecule has 0 aliphatic rings. The smallest absolute Gasteiger partial charge is 0.124 e. The van der Waals surface area contributed by atoms with Crippen molar-refractivity contribution in [2.24, 2.45) is 0 Å². The van der Waals surface area contributed by atoms with Crippen molar-refractivity contribution in [3.05, 3.63) is 46.7 Å². The summed E-state index contributed by atoms with van der Waals surface area (Å²) in [6.07, 6.45) is 1.38. The predicted octanol–water partition coefficient (Wildman–Crippen LogP) is 3.73. The van der Waals surface area contributed by atoms with Crippen molar-refractivity contribution in [2.75, 3.05) is 0 Å². The van der Waals surface area contributed by atoms with Gasteiger partial charge in [0.15, 0.2) is 0 Å². The van der Waals surface area contributed by atoms with Crippen molar-refractivity contribution >= 4 is 17.4 Å². The highest BCUT2D eigenvalue weighted by Crippen LogP contribution is 2.25. The second-order valence-electron chi connectivity index (χ2n) is 4.15. The van der Waals surface area contributed by atoms with Crippen molar-refractivity contribution in [1.82, 2.24) is 4.98 Å². The Morgan fingerprint density at radius 1 is 1.39 bits per heavy atom. The third-order valence-corrected chi connectivity index (χ3v) is 3.56. The van der Waals surface area contributed by atoms with Gasteiger partial charge in [-0.15, -0.1) is 11.3 Å². The third kappa shape index (κ3) is 3.03. The highest BCUT2D eigenvalue weighted by atomic mass is 32.1. The SMILES string of the molecule is C/C(=C\c1csc(-c2ccc(F)cc2)n1)C(C)O. The van der Waals surface area contributed by atoms with Crippen LogP contribution in [0.3, 0.4) is 0 Å². The van der Waals surface area contributed by atoms with E-state index in [0.29, 0.717) is 0 Å². The van der Waals surface area contributed by atoms with Crippen LogP contribution in [0, 0.1) is 5.82 Å². The first kappa shape index (κ1) is 12.9. The van der Waals surface area contributed by atoms with E-state index in [-0.39, 0.29) is 5.82 Å². The van der Waals surface area contributed by atoms with E-state index in [1.54, 1.807) is 19.1 Å². The number of aromatic nitrogens is 1. The van der Waals surface area contributed by atoms with E-state index in [1.165, 1.54) is 23.5 Å². The average Bonchev–Trinajstić information content (AvgIpc) is 2.78. The van der Waals surface area contributed by atoms with Crippen molar-refractivity contribution in [2.45, 2.75) is 20.0 Å². The summed E-state index contributed by atoms with van der Waals surface area (Å²) in [5.41, 5.74) is 2.58. The van der Waals surface area contributed by atoms with Gasteiger partial charge in [-0.3, -0.25) is 0 Å². The summed E-state index contributed by atoms with van der Waals surface area (Å²) in [4.78, 5) is 4.44. The Bertz CT molecular complexity index is 557. The van der Waals surface area contributed by atoms with Crippen molar-refractivity contribution in [3.8, 4) is 10.6 Å². The lowest BCUT2D eigenvalue weighted by Crippen LogP contribution is -2.00. The minimum atomic E-state index is -0.471. The Morgan fingerprint density at radius 2 is 2.06 bits per heavy atom. The molecule has 0 saturated carbocycles. The average molecular weight is 263 g/mol. The number of halogens is 1. The van der Waals surface area contributed by atoms with E-state index in [4.69, 9.17) is 0 Å². The van der Waals surface area contributed by atoms with Gasteiger partial charge in [-0.2, -0.15) is 0 Å². The zero-order valence-electron chi connectivity index (χ0n) is 10.2. The second-order valence-corrected chi connectivity index (χ2v) is 5.01. The summed E-state index contributed by atoms with van der Waals surface area (Å²) in [5.74, 6) is -0.250. The van der Waals surface area contributed by atoms with Crippen molar-refractivity contribution in [3.63, 3.8) is 0 Å². The van der Waals surface area contributed by atoms with Crippen LogP contribution >= 0.6 is 11.3 Å². The normalized spacial score (nSPS) is 13.7. The fourth-order valence-electron chi connectivity index (χ4n) is 1.43. The second kappa shape index (κ2) is 5.42. The number of rotatable bonds is 3. The zero-order chi connectivity index (χ0) is 13.1. The molecule has 2 nitrogen and oxygen atoms in total. The quantitative estimate of drug-likeness (QED) is 0.915. The minimum Gasteiger partial charge on any atom is -0.389 e. The first-order valence-electron chi connectivity index (χ1n) is 5.64. The summed E-state index contributed by atoms with van der Waals surface area (Å²) in [6, 6.07) is 6.27. The molecule has 0 spiro atoms. The first-order chi connectivity index (χ1) is 8.56. The molecule has 18 heavy (non-hydrogen) atoms. The molecule has 0 aliphatic carbocycles. The van der Waals surface area contributed by atoms with Crippen LogP contribution in [0.2, 0.25) is 0 Å². The Labute approximate surface area is 109 Å². The number of hydrogen-bond donors (Lipinski definition) is 1. The lowest BCUT2D eigenvalue weighted by Gasteiger charge is -2.01. The molecule has 0 fully saturated rings. The Balaban J connectivity index is 2.25. The molecule has 2 aromatic rings. The molecule has 1 N–H and O–H groups in total. The van der Waals surface area contributed by atoms with E-state index < -0.39 is 6.10 Å². The van der Waals surface area contributed by atoms with E-state index >= 15 is 0 Å². The lowest BCUT2D eigenvalue weighted by atomic mass is 10.1. The molecule has 0 radical (unpaired) electrons. The van der Waals surface area contributed by atoms with Gasteiger partial charge in [0, 0.05) is 10.9 Å². The Morgan fingerprint density at radius 3 is 2.67 bits per heavy atom. The molecule has 0 saturated heterocycles. The molecule has 0 aliphatic heterocycles. The highest BCUT2D eigenvalue weighted by Gasteiger charge is 2.05. The maximum atomic E-state index is 12.8. The molecule has 1 heterocycles. The van der Waals surface area contributed by atoms with Gasteiger partial charge in [0.25, 0.3) is 0 Å². The topological polar surface area (TPSA) is 33.1 Å². The summed E-state index contributed by atoms with van der Waals surface area (Å²) in [7, 11) is 0. The molecule has 4 heteroatoms. The fraction of sp³-hybridized carbons (Fsp3) is 0.214. The zero-order valence-corrected chi connectivity index (χ0v) is 11.0. The van der Waals surface area contributed by atoms with Gasteiger partial charge in [-0.1, -0.05) is 0 Å². The number of nitrogens with zero attached hydrogens (tertiary/aromatic N) is 1. The van der Waals surface area contributed by atoms with Crippen LogP contribution in [0.25, 0.3) is 16.6 Å². The number of thiazole rings is 1. The maximum absolute atomic E-state index is 12.8. The molecule has 94 valence electrons. The monoisotopic (exact) mass is 263 g/mol. The maximum Gasteiger partial charge on any atom is 0.124 e. The van der Waals surface area contributed by atoms with E-state index in [1.807, 2.05) is 18.4 Å². The highest BCUT2D eigenvalue weighted by molar-refractivity contribution is 7.13. The summed E-state index contributed by atoms with van der Waals surface area (Å²) in [6.45, 7) is 3.58. The summed E-state index contributed by atoms with van der Waals surface area (Å²) < 4.78 is 12.8. The molecule has 2 rings (SSSR count). The first-order valence-corrected chi connectivity index (χ1v) is 6.52. The molecular weight excluding hydrogens is 249 g/mol. The van der Waals surface area contributed by atoms with Gasteiger partial charge in [-0.25, -0.2) is 9.37 Å². The van der Waals surface area contributed by atoms with Gasteiger partial charge in [0.05, 0.1) is 11.8 Å². The number of hydrogen-bond acceptors (Lipinski definition) is 3. The van der Waals surface area contributed by atoms with Crippen LogP contribution in [0.1, 0.15) is 19.5 Å². The van der Waals surface area contributed by atoms with Crippen LogP contribution in [-0.4, -0.2) is 16.2 Å². The summed E-state index contributed by atoms with van der Waals surface area (Å²) >= 11 is 1.50. The van der Waals surface area contributed by atoms with Gasteiger partial charge in [0.1, 0.15) is 10.8 Å². The molecule has 0 amide bonds. The van der Waals surface area contributed by atoms with Gasteiger partial charge in [0.2, 0.25) is 0 Å². The van der Waals surface area contributed by atoms with Crippen LogP contribution < -0.4 is 0 Å². The predicted molar refractivity (Wildman–Crippen MR) is 72.8 cm³/mol. The largest absolute Gasteiger partial charge is 0.389 e. The number of aliphatic hydroxyl groups is 1. The number of benzene rings is 1. The van der Waals surface area contributed by atoms with Crippen molar-refractivity contribution in [1.29, 1.82) is 0 Å². The van der Waals surface area contributed by atoms with Gasteiger partial charge < -0.3 is 5.11 Å². The molecule has 1 aromatic carbocycles. The van der Waals surface area contributed by atoms with Crippen LogP contribution in [-0.2, 0) is 0 Å². The van der Waals surface area contributed by atoms with E-state index in [0.717, 1.165) is 21.8 Å². The van der Waals surface area contributed by atoms with Crippen LogP contribution in [0.15, 0.2) is 35.2 Å². The molecule has 1 atom stereocenters.